The first kappa shape index (κ1) is 14.3. The normalized spacial score (nSPS) is 11.7. The van der Waals surface area contributed by atoms with Crippen molar-refractivity contribution in [3.8, 4) is 0 Å². The molecule has 0 aliphatic heterocycles. The Labute approximate surface area is 108 Å². The molecule has 0 spiro atoms. The van der Waals surface area contributed by atoms with E-state index < -0.39 is 0 Å². The lowest BCUT2D eigenvalue weighted by Crippen LogP contribution is -2.33. The second-order valence-electron chi connectivity index (χ2n) is 4.21. The maximum absolute atomic E-state index is 11.5. The Balaban J connectivity index is 2.30. The van der Waals surface area contributed by atoms with E-state index in [-0.39, 0.29) is 11.9 Å². The highest BCUT2D eigenvalue weighted by molar-refractivity contribution is 5.76. The van der Waals surface area contributed by atoms with E-state index in [1.807, 2.05) is 32.2 Å². The van der Waals surface area contributed by atoms with Gasteiger partial charge in [-0.2, -0.15) is 0 Å². The van der Waals surface area contributed by atoms with E-state index in [1.54, 1.807) is 0 Å². The predicted octanol–water partition coefficient (Wildman–Crippen LogP) is 1.84. The summed E-state index contributed by atoms with van der Waals surface area (Å²) in [6, 6.07) is 5.93. The molecule has 0 fully saturated rings. The van der Waals surface area contributed by atoms with Crippen LogP contribution in [0.4, 0.5) is 11.6 Å². The van der Waals surface area contributed by atoms with Crippen LogP contribution in [0.3, 0.4) is 0 Å². The van der Waals surface area contributed by atoms with Gasteiger partial charge in [0.2, 0.25) is 5.91 Å². The number of nitrogens with one attached hydrogen (secondary N) is 3. The molecule has 0 radical (unpaired) electrons. The number of hydrogen-bond donors (Lipinski definition) is 3. The van der Waals surface area contributed by atoms with E-state index in [9.17, 15) is 4.79 Å². The smallest absolute Gasteiger partial charge is 0.221 e. The van der Waals surface area contributed by atoms with Crippen molar-refractivity contribution >= 4 is 17.5 Å². The summed E-state index contributed by atoms with van der Waals surface area (Å²) in [5.41, 5.74) is 0. The Kier molecular flexibility index (Phi) is 5.97. The molecule has 0 saturated heterocycles. The summed E-state index contributed by atoms with van der Waals surface area (Å²) in [6.07, 6.45) is 1.40. The molecule has 1 unspecified atom stereocenters. The Bertz CT molecular complexity index is 381. The summed E-state index contributed by atoms with van der Waals surface area (Å²) in [5.74, 6) is 1.66. The van der Waals surface area contributed by atoms with Gasteiger partial charge in [0.05, 0.1) is 0 Å². The average molecular weight is 250 g/mol. The van der Waals surface area contributed by atoms with Crippen LogP contribution in [-0.2, 0) is 4.79 Å². The molecule has 0 aliphatic rings. The van der Waals surface area contributed by atoms with E-state index >= 15 is 0 Å². The minimum absolute atomic E-state index is 0.0709. The lowest BCUT2D eigenvalue weighted by Gasteiger charge is -2.11. The SMILES string of the molecule is CCC(C)NC(=O)CCNc1cccc(NC)n1. The fourth-order valence-electron chi connectivity index (χ4n) is 1.43. The monoisotopic (exact) mass is 250 g/mol. The van der Waals surface area contributed by atoms with E-state index in [0.717, 1.165) is 18.1 Å². The van der Waals surface area contributed by atoms with E-state index in [2.05, 4.69) is 27.9 Å². The number of pyridine rings is 1. The van der Waals surface area contributed by atoms with Gasteiger partial charge in [0.25, 0.3) is 0 Å². The Morgan fingerprint density at radius 3 is 2.78 bits per heavy atom. The molecule has 0 aromatic carbocycles. The van der Waals surface area contributed by atoms with Gasteiger partial charge in [0, 0.05) is 26.1 Å². The minimum atomic E-state index is 0.0709. The Morgan fingerprint density at radius 1 is 1.39 bits per heavy atom. The molecule has 100 valence electrons. The van der Waals surface area contributed by atoms with Gasteiger partial charge < -0.3 is 16.0 Å². The number of aromatic nitrogens is 1. The maximum atomic E-state index is 11.5. The van der Waals surface area contributed by atoms with Crippen molar-refractivity contribution in [3.63, 3.8) is 0 Å². The molecule has 1 aromatic heterocycles. The highest BCUT2D eigenvalue weighted by atomic mass is 16.1. The number of hydrogen-bond acceptors (Lipinski definition) is 4. The zero-order chi connectivity index (χ0) is 13.4. The van der Waals surface area contributed by atoms with Crippen LogP contribution in [0.15, 0.2) is 18.2 Å². The molecule has 1 atom stereocenters. The minimum Gasteiger partial charge on any atom is -0.373 e. The van der Waals surface area contributed by atoms with Crippen molar-refractivity contribution in [1.82, 2.24) is 10.3 Å². The van der Waals surface area contributed by atoms with Crippen molar-refractivity contribution in [2.75, 3.05) is 24.2 Å². The lowest BCUT2D eigenvalue weighted by molar-refractivity contribution is -0.121. The average Bonchev–Trinajstić information content (AvgIpc) is 2.38. The molecule has 18 heavy (non-hydrogen) atoms. The topological polar surface area (TPSA) is 66.1 Å². The third-order valence-electron chi connectivity index (χ3n) is 2.68. The van der Waals surface area contributed by atoms with Gasteiger partial charge in [-0.25, -0.2) is 4.98 Å². The van der Waals surface area contributed by atoms with Crippen LogP contribution in [0.5, 0.6) is 0 Å². The molecule has 5 heteroatoms. The van der Waals surface area contributed by atoms with Gasteiger partial charge in [0.1, 0.15) is 11.6 Å². The molecule has 1 aromatic rings. The highest BCUT2D eigenvalue weighted by Gasteiger charge is 2.04. The summed E-state index contributed by atoms with van der Waals surface area (Å²) in [6.45, 7) is 4.64. The van der Waals surface area contributed by atoms with E-state index in [4.69, 9.17) is 0 Å². The number of anilines is 2. The molecule has 3 N–H and O–H groups in total. The number of carbonyl (C=O) groups is 1. The quantitative estimate of drug-likeness (QED) is 0.691. The van der Waals surface area contributed by atoms with Gasteiger partial charge in [-0.05, 0) is 25.5 Å². The van der Waals surface area contributed by atoms with Gasteiger partial charge in [-0.3, -0.25) is 4.79 Å². The molecule has 1 amide bonds. The van der Waals surface area contributed by atoms with E-state index in [1.165, 1.54) is 0 Å². The fraction of sp³-hybridized carbons (Fsp3) is 0.538. The number of amides is 1. The summed E-state index contributed by atoms with van der Waals surface area (Å²) in [4.78, 5) is 15.9. The first-order valence-electron chi connectivity index (χ1n) is 6.33. The third kappa shape index (κ3) is 5.03. The van der Waals surface area contributed by atoms with Crippen LogP contribution >= 0.6 is 0 Å². The van der Waals surface area contributed by atoms with Crippen molar-refractivity contribution in [2.24, 2.45) is 0 Å². The van der Waals surface area contributed by atoms with Gasteiger partial charge in [-0.1, -0.05) is 13.0 Å². The van der Waals surface area contributed by atoms with Crippen LogP contribution < -0.4 is 16.0 Å². The molecular weight excluding hydrogens is 228 g/mol. The highest BCUT2D eigenvalue weighted by Crippen LogP contribution is 2.07. The lowest BCUT2D eigenvalue weighted by atomic mass is 10.2. The van der Waals surface area contributed by atoms with Gasteiger partial charge >= 0.3 is 0 Å². The van der Waals surface area contributed by atoms with Crippen LogP contribution in [0.2, 0.25) is 0 Å². The van der Waals surface area contributed by atoms with Crippen molar-refractivity contribution in [3.05, 3.63) is 18.2 Å². The van der Waals surface area contributed by atoms with Gasteiger partial charge in [-0.15, -0.1) is 0 Å². The molecule has 5 nitrogen and oxygen atoms in total. The van der Waals surface area contributed by atoms with Crippen LogP contribution in [0, 0.1) is 0 Å². The number of rotatable bonds is 7. The largest absolute Gasteiger partial charge is 0.373 e. The molecule has 0 bridgehead atoms. The Hall–Kier alpha value is -1.78. The third-order valence-corrected chi connectivity index (χ3v) is 2.68. The summed E-state index contributed by atoms with van der Waals surface area (Å²) in [5, 5.41) is 9.03. The maximum Gasteiger partial charge on any atom is 0.221 e. The molecular formula is C13H22N4O. The second kappa shape index (κ2) is 7.53. The summed E-state index contributed by atoms with van der Waals surface area (Å²) in [7, 11) is 1.83. The Morgan fingerprint density at radius 2 is 2.11 bits per heavy atom. The fourth-order valence-corrected chi connectivity index (χ4v) is 1.43. The molecule has 0 saturated carbocycles. The van der Waals surface area contributed by atoms with Crippen LogP contribution in [0.25, 0.3) is 0 Å². The predicted molar refractivity (Wildman–Crippen MR) is 74.8 cm³/mol. The first-order chi connectivity index (χ1) is 8.65. The molecule has 0 aliphatic carbocycles. The second-order valence-corrected chi connectivity index (χ2v) is 4.21. The van der Waals surface area contributed by atoms with Crippen molar-refractivity contribution in [1.29, 1.82) is 0 Å². The first-order valence-corrected chi connectivity index (χ1v) is 6.33. The van der Waals surface area contributed by atoms with Crippen LogP contribution in [-0.4, -0.2) is 30.5 Å². The molecule has 1 rings (SSSR count). The summed E-state index contributed by atoms with van der Waals surface area (Å²) < 4.78 is 0. The standard InChI is InChI=1S/C13H22N4O/c1-4-10(2)16-13(18)8-9-15-12-7-5-6-11(14-3)17-12/h5-7,10H,4,8-9H2,1-3H3,(H,16,18)(H2,14,15,17). The van der Waals surface area contributed by atoms with E-state index in [0.29, 0.717) is 13.0 Å². The van der Waals surface area contributed by atoms with Crippen molar-refractivity contribution in [2.45, 2.75) is 32.7 Å². The zero-order valence-electron chi connectivity index (χ0n) is 11.3. The number of carbonyl (C=O) groups excluding carboxylic acids is 1. The number of nitrogens with zero attached hydrogens (tertiary/aromatic N) is 1. The van der Waals surface area contributed by atoms with Gasteiger partial charge in [0.15, 0.2) is 0 Å². The molecule has 1 heterocycles. The summed E-state index contributed by atoms with van der Waals surface area (Å²) >= 11 is 0. The van der Waals surface area contributed by atoms with Crippen LogP contribution in [0.1, 0.15) is 26.7 Å². The zero-order valence-corrected chi connectivity index (χ0v) is 11.3. The van der Waals surface area contributed by atoms with Crippen molar-refractivity contribution < 1.29 is 4.79 Å².